The molecule has 0 aromatic carbocycles. The van der Waals surface area contributed by atoms with Crippen molar-refractivity contribution in [3.63, 3.8) is 0 Å². The van der Waals surface area contributed by atoms with E-state index in [0.29, 0.717) is 24.7 Å². The van der Waals surface area contributed by atoms with Crippen molar-refractivity contribution in [3.8, 4) is 0 Å². The van der Waals surface area contributed by atoms with Crippen molar-refractivity contribution >= 4 is 23.6 Å². The van der Waals surface area contributed by atoms with Crippen LogP contribution in [0.25, 0.3) is 0 Å². The molecule has 0 spiro atoms. The van der Waals surface area contributed by atoms with E-state index in [2.05, 4.69) is 4.98 Å². The summed E-state index contributed by atoms with van der Waals surface area (Å²) in [6.45, 7) is 0.858. The van der Waals surface area contributed by atoms with E-state index in [4.69, 9.17) is 5.11 Å². The number of carbonyl (C=O) groups excluding carboxylic acids is 1. The summed E-state index contributed by atoms with van der Waals surface area (Å²) in [7, 11) is 1.55. The quantitative estimate of drug-likeness (QED) is 0.785. The van der Waals surface area contributed by atoms with Gasteiger partial charge in [-0.25, -0.2) is 4.98 Å². The Morgan fingerprint density at radius 3 is 3.00 bits per heavy atom. The van der Waals surface area contributed by atoms with Gasteiger partial charge in [-0.3, -0.25) is 19.0 Å². The van der Waals surface area contributed by atoms with Gasteiger partial charge in [0.15, 0.2) is 5.16 Å². The van der Waals surface area contributed by atoms with Crippen LogP contribution in [-0.4, -0.2) is 50.8 Å². The number of carbonyl (C=O) groups is 2. The van der Waals surface area contributed by atoms with E-state index < -0.39 is 11.9 Å². The van der Waals surface area contributed by atoms with Crippen molar-refractivity contribution in [2.75, 3.05) is 19.3 Å². The number of carboxylic acids is 1. The average molecular weight is 297 g/mol. The van der Waals surface area contributed by atoms with Gasteiger partial charge in [-0.05, 0) is 6.42 Å². The molecule has 8 heteroatoms. The third-order valence-corrected chi connectivity index (χ3v) is 3.99. The summed E-state index contributed by atoms with van der Waals surface area (Å²) in [5, 5.41) is 9.20. The molecule has 0 aliphatic carbocycles. The van der Waals surface area contributed by atoms with E-state index in [1.807, 2.05) is 0 Å². The zero-order valence-electron chi connectivity index (χ0n) is 11.0. The number of aromatic nitrogens is 2. The van der Waals surface area contributed by atoms with Crippen molar-refractivity contribution in [1.82, 2.24) is 14.5 Å². The van der Waals surface area contributed by atoms with Crippen LogP contribution in [0.15, 0.2) is 16.1 Å². The number of thioether (sulfide) groups is 1. The van der Waals surface area contributed by atoms with E-state index in [1.54, 1.807) is 7.05 Å². The second kappa shape index (κ2) is 6.08. The molecule has 1 aliphatic rings. The van der Waals surface area contributed by atoms with Crippen molar-refractivity contribution in [1.29, 1.82) is 0 Å². The maximum absolute atomic E-state index is 12.2. The van der Waals surface area contributed by atoms with E-state index in [1.165, 1.54) is 27.4 Å². The molecule has 1 aromatic rings. The highest BCUT2D eigenvalue weighted by atomic mass is 32.2. The molecular formula is C12H15N3O4S. The summed E-state index contributed by atoms with van der Waals surface area (Å²) in [5.74, 6) is -0.531. The normalized spacial score (nSPS) is 13.1. The minimum atomic E-state index is -0.901. The Kier molecular flexibility index (Phi) is 4.43. The van der Waals surface area contributed by atoms with E-state index >= 15 is 0 Å². The molecular weight excluding hydrogens is 282 g/mol. The standard InChI is InChI=1S/C12H15N3O4S/c1-14(4-2-3-9(16)17)10(18)8-7-13-12-15(11(8)19)5-6-20-12/h7H,2-6H2,1H3,(H,16,17). The Balaban J connectivity index is 2.09. The first-order valence-corrected chi connectivity index (χ1v) is 7.19. The number of fused-ring (bicyclic) bond motifs is 1. The number of rotatable bonds is 5. The highest BCUT2D eigenvalue weighted by molar-refractivity contribution is 7.99. The van der Waals surface area contributed by atoms with Crippen LogP contribution in [0.4, 0.5) is 0 Å². The van der Waals surface area contributed by atoms with E-state index in [9.17, 15) is 14.4 Å². The smallest absolute Gasteiger partial charge is 0.303 e. The molecule has 20 heavy (non-hydrogen) atoms. The number of hydrogen-bond acceptors (Lipinski definition) is 5. The Morgan fingerprint density at radius 2 is 2.30 bits per heavy atom. The van der Waals surface area contributed by atoms with Crippen molar-refractivity contribution in [2.45, 2.75) is 24.5 Å². The van der Waals surface area contributed by atoms with Gasteiger partial charge < -0.3 is 10.0 Å². The van der Waals surface area contributed by atoms with Crippen LogP contribution < -0.4 is 5.56 Å². The van der Waals surface area contributed by atoms with Crippen LogP contribution in [-0.2, 0) is 11.3 Å². The number of hydrogen-bond donors (Lipinski definition) is 1. The molecule has 0 radical (unpaired) electrons. The average Bonchev–Trinajstić information content (AvgIpc) is 2.87. The Bertz CT molecular complexity index is 599. The van der Waals surface area contributed by atoms with Crippen LogP contribution in [0, 0.1) is 0 Å². The largest absolute Gasteiger partial charge is 0.481 e. The molecule has 1 N–H and O–H groups in total. The molecule has 2 heterocycles. The summed E-state index contributed by atoms with van der Waals surface area (Å²) >= 11 is 1.49. The molecule has 7 nitrogen and oxygen atoms in total. The molecule has 0 fully saturated rings. The van der Waals surface area contributed by atoms with Gasteiger partial charge in [0.25, 0.3) is 11.5 Å². The first-order chi connectivity index (χ1) is 9.50. The lowest BCUT2D eigenvalue weighted by Gasteiger charge is -2.16. The van der Waals surface area contributed by atoms with E-state index in [0.717, 1.165) is 5.75 Å². The van der Waals surface area contributed by atoms with Gasteiger partial charge >= 0.3 is 5.97 Å². The summed E-state index contributed by atoms with van der Waals surface area (Å²) in [4.78, 5) is 40.2. The highest BCUT2D eigenvalue weighted by Crippen LogP contribution is 2.20. The Labute approximate surface area is 119 Å². The van der Waals surface area contributed by atoms with Crippen LogP contribution in [0.1, 0.15) is 23.2 Å². The van der Waals surface area contributed by atoms with Crippen LogP contribution in [0.3, 0.4) is 0 Å². The highest BCUT2D eigenvalue weighted by Gasteiger charge is 2.21. The summed E-state index contributed by atoms with van der Waals surface area (Å²) in [5.41, 5.74) is -0.288. The molecule has 1 aromatic heterocycles. The van der Waals surface area contributed by atoms with Crippen molar-refractivity contribution in [3.05, 3.63) is 22.1 Å². The third kappa shape index (κ3) is 3.01. The number of amides is 1. The lowest BCUT2D eigenvalue weighted by molar-refractivity contribution is -0.137. The lowest BCUT2D eigenvalue weighted by atomic mass is 10.2. The fraction of sp³-hybridized carbons (Fsp3) is 0.500. The topological polar surface area (TPSA) is 92.5 Å². The lowest BCUT2D eigenvalue weighted by Crippen LogP contribution is -2.35. The summed E-state index contributed by atoms with van der Waals surface area (Å²) in [6, 6.07) is 0. The fourth-order valence-corrected chi connectivity index (χ4v) is 2.85. The summed E-state index contributed by atoms with van der Waals surface area (Å²) < 4.78 is 1.50. The molecule has 0 saturated heterocycles. The molecule has 0 atom stereocenters. The second-order valence-corrected chi connectivity index (χ2v) is 5.55. The molecule has 0 saturated carbocycles. The van der Waals surface area contributed by atoms with Gasteiger partial charge in [-0.15, -0.1) is 0 Å². The van der Waals surface area contributed by atoms with Gasteiger partial charge in [0.1, 0.15) is 5.56 Å². The Morgan fingerprint density at radius 1 is 1.55 bits per heavy atom. The zero-order valence-corrected chi connectivity index (χ0v) is 11.9. The molecule has 0 bridgehead atoms. The maximum atomic E-state index is 12.2. The van der Waals surface area contributed by atoms with Crippen LogP contribution in [0.5, 0.6) is 0 Å². The fourth-order valence-electron chi connectivity index (χ4n) is 1.94. The van der Waals surface area contributed by atoms with Gasteiger partial charge in [0.05, 0.1) is 0 Å². The first kappa shape index (κ1) is 14.6. The monoisotopic (exact) mass is 297 g/mol. The van der Waals surface area contributed by atoms with Gasteiger partial charge in [-0.1, -0.05) is 11.8 Å². The minimum absolute atomic E-state index is 0.00429. The minimum Gasteiger partial charge on any atom is -0.481 e. The number of nitrogens with zero attached hydrogens (tertiary/aromatic N) is 3. The second-order valence-electron chi connectivity index (χ2n) is 4.48. The van der Waals surface area contributed by atoms with Crippen LogP contribution >= 0.6 is 11.8 Å². The van der Waals surface area contributed by atoms with Crippen molar-refractivity contribution < 1.29 is 14.7 Å². The zero-order chi connectivity index (χ0) is 14.7. The molecule has 2 rings (SSSR count). The van der Waals surface area contributed by atoms with Crippen LogP contribution in [0.2, 0.25) is 0 Å². The predicted molar refractivity (Wildman–Crippen MR) is 73.1 cm³/mol. The van der Waals surface area contributed by atoms with E-state index in [-0.39, 0.29) is 17.5 Å². The van der Waals surface area contributed by atoms with Gasteiger partial charge in [-0.2, -0.15) is 0 Å². The molecule has 1 amide bonds. The van der Waals surface area contributed by atoms with Crippen molar-refractivity contribution in [2.24, 2.45) is 0 Å². The number of aliphatic carboxylic acids is 1. The molecule has 0 unspecified atom stereocenters. The molecule has 108 valence electrons. The maximum Gasteiger partial charge on any atom is 0.303 e. The Hall–Kier alpha value is -1.83. The first-order valence-electron chi connectivity index (χ1n) is 6.20. The summed E-state index contributed by atoms with van der Waals surface area (Å²) in [6.07, 6.45) is 1.66. The number of carboxylic acid groups (broad SMARTS) is 1. The molecule has 1 aliphatic heterocycles. The SMILES string of the molecule is CN(CCCC(=O)O)C(=O)c1cnc2n(c1=O)CCS2. The van der Waals surface area contributed by atoms with Gasteiger partial charge in [0, 0.05) is 38.5 Å². The van der Waals surface area contributed by atoms with Gasteiger partial charge in [0.2, 0.25) is 0 Å². The third-order valence-electron chi connectivity index (χ3n) is 3.02. The predicted octanol–water partition coefficient (Wildman–Crippen LogP) is 0.286.